The number of carbonyl (C=O) groups excluding carboxylic acids is 1. The molecule has 0 aliphatic heterocycles. The first-order chi connectivity index (χ1) is 18.1. The summed E-state index contributed by atoms with van der Waals surface area (Å²) < 4.78 is 4.70. The highest BCUT2D eigenvalue weighted by molar-refractivity contribution is 5.68. The molecule has 0 aromatic rings. The second kappa shape index (κ2) is 24.5. The maximum atomic E-state index is 11.1. The Bertz CT molecular complexity index is 506. The molecule has 1 aliphatic carbocycles. The van der Waals surface area contributed by atoms with Gasteiger partial charge in [-0.15, -0.1) is 0 Å². The number of rotatable bonds is 28. The van der Waals surface area contributed by atoms with Gasteiger partial charge in [0.1, 0.15) is 0 Å². The Morgan fingerprint density at radius 2 is 1.05 bits per heavy atom. The van der Waals surface area contributed by atoms with E-state index in [4.69, 9.17) is 4.74 Å². The van der Waals surface area contributed by atoms with Gasteiger partial charge in [0.25, 0.3) is 0 Å². The summed E-state index contributed by atoms with van der Waals surface area (Å²) in [6, 6.07) is 0.805. The van der Waals surface area contributed by atoms with Crippen LogP contribution in [0.2, 0.25) is 0 Å². The van der Waals surface area contributed by atoms with Gasteiger partial charge in [-0.3, -0.25) is 4.79 Å². The van der Waals surface area contributed by atoms with Crippen molar-refractivity contribution in [1.29, 1.82) is 0 Å². The maximum Gasteiger partial charge on any atom is 0.305 e. The Morgan fingerprint density at radius 3 is 1.49 bits per heavy atom. The van der Waals surface area contributed by atoms with Gasteiger partial charge < -0.3 is 9.64 Å². The highest BCUT2D eigenvalue weighted by Gasteiger charge is 2.34. The van der Waals surface area contributed by atoms with Crippen molar-refractivity contribution in [2.75, 3.05) is 21.2 Å². The topological polar surface area (TPSA) is 29.5 Å². The number of esters is 1. The standard InChI is InChI=1S/C34H67NO2/c1-5-6-7-8-11-17-22-27-33(35(2)3)28-23-18-13-10-9-12-15-20-25-31-30-32(31)26-21-16-14-19-24-29-34(36)37-4/h31-33H,5-30H2,1-4H3. The molecule has 0 aromatic carbocycles. The molecule has 1 fully saturated rings. The Balaban J connectivity index is 1.82. The van der Waals surface area contributed by atoms with Gasteiger partial charge in [-0.25, -0.2) is 0 Å². The van der Waals surface area contributed by atoms with E-state index < -0.39 is 0 Å². The Labute approximate surface area is 233 Å². The lowest BCUT2D eigenvalue weighted by Crippen LogP contribution is -2.27. The molecule has 1 aliphatic rings. The summed E-state index contributed by atoms with van der Waals surface area (Å²) in [4.78, 5) is 13.6. The predicted molar refractivity (Wildman–Crippen MR) is 162 cm³/mol. The minimum atomic E-state index is -0.0567. The molecular formula is C34H67NO2. The highest BCUT2D eigenvalue weighted by Crippen LogP contribution is 2.45. The van der Waals surface area contributed by atoms with Gasteiger partial charge in [-0.1, -0.05) is 142 Å². The van der Waals surface area contributed by atoms with E-state index in [1.807, 2.05) is 0 Å². The largest absolute Gasteiger partial charge is 0.469 e. The quantitative estimate of drug-likeness (QED) is 0.0757. The van der Waals surface area contributed by atoms with Crippen LogP contribution in [0.3, 0.4) is 0 Å². The Morgan fingerprint density at radius 1 is 0.649 bits per heavy atom. The molecule has 3 nitrogen and oxygen atoms in total. The highest BCUT2D eigenvalue weighted by atomic mass is 16.5. The fourth-order valence-corrected chi connectivity index (χ4v) is 6.17. The third-order valence-corrected chi connectivity index (χ3v) is 8.99. The van der Waals surface area contributed by atoms with E-state index in [0.29, 0.717) is 6.42 Å². The van der Waals surface area contributed by atoms with Crippen LogP contribution in [-0.2, 0) is 9.53 Å². The number of hydrogen-bond acceptors (Lipinski definition) is 3. The molecule has 0 heterocycles. The van der Waals surface area contributed by atoms with Gasteiger partial charge in [0, 0.05) is 12.5 Å². The van der Waals surface area contributed by atoms with Crippen LogP contribution in [0.25, 0.3) is 0 Å². The van der Waals surface area contributed by atoms with Crippen LogP contribution >= 0.6 is 0 Å². The minimum absolute atomic E-state index is 0.0567. The molecule has 3 atom stereocenters. The summed E-state index contributed by atoms with van der Waals surface area (Å²) in [7, 11) is 6.05. The van der Waals surface area contributed by atoms with E-state index in [1.54, 1.807) is 0 Å². The molecule has 3 unspecified atom stereocenters. The zero-order valence-electron chi connectivity index (χ0n) is 25.9. The molecule has 37 heavy (non-hydrogen) atoms. The van der Waals surface area contributed by atoms with Crippen molar-refractivity contribution in [2.45, 2.75) is 180 Å². The first kappa shape index (κ1) is 34.5. The normalized spacial score (nSPS) is 17.9. The van der Waals surface area contributed by atoms with Crippen molar-refractivity contribution in [2.24, 2.45) is 11.8 Å². The zero-order chi connectivity index (χ0) is 27.0. The molecule has 0 N–H and O–H groups in total. The Hall–Kier alpha value is -0.570. The number of methoxy groups -OCH3 is 1. The van der Waals surface area contributed by atoms with E-state index in [1.165, 1.54) is 161 Å². The fraction of sp³-hybridized carbons (Fsp3) is 0.971. The number of unbranched alkanes of at least 4 members (excludes halogenated alkanes) is 17. The summed E-state index contributed by atoms with van der Waals surface area (Å²) in [5, 5.41) is 0. The first-order valence-corrected chi connectivity index (χ1v) is 16.8. The molecule has 1 saturated carbocycles. The van der Waals surface area contributed by atoms with Crippen molar-refractivity contribution in [3.05, 3.63) is 0 Å². The predicted octanol–water partition coefficient (Wildman–Crippen LogP) is 10.5. The van der Waals surface area contributed by atoms with Crippen LogP contribution in [0.5, 0.6) is 0 Å². The second-order valence-corrected chi connectivity index (χ2v) is 12.6. The van der Waals surface area contributed by atoms with Crippen LogP contribution < -0.4 is 0 Å². The third kappa shape index (κ3) is 21.0. The SMILES string of the molecule is CCCCCCCCCC(CCCCCCCCCCC1CC1CCCCCCCC(=O)OC)N(C)C. The monoisotopic (exact) mass is 522 g/mol. The Kier molecular flexibility index (Phi) is 22.8. The molecule has 3 heteroatoms. The van der Waals surface area contributed by atoms with Crippen molar-refractivity contribution in [3.8, 4) is 0 Å². The lowest BCUT2D eigenvalue weighted by atomic mass is 9.99. The van der Waals surface area contributed by atoms with E-state index in [2.05, 4.69) is 25.9 Å². The lowest BCUT2D eigenvalue weighted by Gasteiger charge is -2.24. The molecule has 1 rings (SSSR count). The van der Waals surface area contributed by atoms with E-state index in [-0.39, 0.29) is 5.97 Å². The summed E-state index contributed by atoms with van der Waals surface area (Å²) in [5.41, 5.74) is 0. The molecular weight excluding hydrogens is 454 g/mol. The molecule has 0 radical (unpaired) electrons. The van der Waals surface area contributed by atoms with E-state index in [0.717, 1.165) is 24.3 Å². The molecule has 0 amide bonds. The minimum Gasteiger partial charge on any atom is -0.469 e. The second-order valence-electron chi connectivity index (χ2n) is 12.6. The van der Waals surface area contributed by atoms with Crippen LogP contribution in [0.1, 0.15) is 174 Å². The van der Waals surface area contributed by atoms with Gasteiger partial charge in [0.05, 0.1) is 7.11 Å². The van der Waals surface area contributed by atoms with E-state index >= 15 is 0 Å². The number of nitrogens with zero attached hydrogens (tertiary/aromatic N) is 1. The van der Waals surface area contributed by atoms with E-state index in [9.17, 15) is 4.79 Å². The van der Waals surface area contributed by atoms with Crippen molar-refractivity contribution in [1.82, 2.24) is 4.90 Å². The molecule has 0 spiro atoms. The average Bonchev–Trinajstić information content (AvgIpc) is 3.64. The average molecular weight is 522 g/mol. The number of ether oxygens (including phenoxy) is 1. The fourth-order valence-electron chi connectivity index (χ4n) is 6.17. The van der Waals surface area contributed by atoms with Gasteiger partial charge >= 0.3 is 5.97 Å². The smallest absolute Gasteiger partial charge is 0.305 e. The van der Waals surface area contributed by atoms with Crippen molar-refractivity contribution in [3.63, 3.8) is 0 Å². The van der Waals surface area contributed by atoms with Crippen LogP contribution in [0.4, 0.5) is 0 Å². The summed E-state index contributed by atoms with van der Waals surface area (Å²) in [5.74, 6) is 2.05. The van der Waals surface area contributed by atoms with Crippen LogP contribution in [-0.4, -0.2) is 38.1 Å². The maximum absolute atomic E-state index is 11.1. The summed E-state index contributed by atoms with van der Waals surface area (Å²) in [6.45, 7) is 2.30. The number of hydrogen-bond donors (Lipinski definition) is 0. The molecule has 0 bridgehead atoms. The van der Waals surface area contributed by atoms with Gasteiger partial charge in [-0.05, 0) is 51.6 Å². The first-order valence-electron chi connectivity index (χ1n) is 16.8. The van der Waals surface area contributed by atoms with Crippen LogP contribution in [0.15, 0.2) is 0 Å². The third-order valence-electron chi connectivity index (χ3n) is 8.99. The van der Waals surface area contributed by atoms with Crippen LogP contribution in [0, 0.1) is 11.8 Å². The van der Waals surface area contributed by atoms with Crippen molar-refractivity contribution >= 4 is 5.97 Å². The summed E-state index contributed by atoms with van der Waals surface area (Å²) >= 11 is 0. The summed E-state index contributed by atoms with van der Waals surface area (Å²) in [6.07, 6.45) is 35.7. The van der Waals surface area contributed by atoms with Gasteiger partial charge in [0.15, 0.2) is 0 Å². The molecule has 0 saturated heterocycles. The van der Waals surface area contributed by atoms with Gasteiger partial charge in [0.2, 0.25) is 0 Å². The molecule has 0 aromatic heterocycles. The molecule has 220 valence electrons. The number of carbonyl (C=O) groups is 1. The van der Waals surface area contributed by atoms with Crippen molar-refractivity contribution < 1.29 is 9.53 Å². The zero-order valence-corrected chi connectivity index (χ0v) is 25.9. The van der Waals surface area contributed by atoms with Gasteiger partial charge in [-0.2, -0.15) is 0 Å². The lowest BCUT2D eigenvalue weighted by molar-refractivity contribution is -0.140.